The lowest BCUT2D eigenvalue weighted by Gasteiger charge is -2.23. The largest absolute Gasteiger partial charge is 0.418 e. The van der Waals surface area contributed by atoms with Gasteiger partial charge in [-0.1, -0.05) is 6.07 Å². The minimum absolute atomic E-state index is 0.630. The molecule has 0 aromatic heterocycles. The average molecular weight is 257 g/mol. The summed E-state index contributed by atoms with van der Waals surface area (Å²) in [7, 11) is 2.28. The van der Waals surface area contributed by atoms with Crippen molar-refractivity contribution in [2.24, 2.45) is 0 Å². The van der Waals surface area contributed by atoms with Crippen LogP contribution in [0.1, 0.15) is 11.1 Å². The molecule has 0 saturated carbocycles. The number of halogens is 6. The topological polar surface area (TPSA) is 3.24 Å². The Morgan fingerprint density at radius 3 is 1.41 bits per heavy atom. The van der Waals surface area contributed by atoms with Gasteiger partial charge in [0.1, 0.15) is 0 Å². The van der Waals surface area contributed by atoms with E-state index in [1.807, 2.05) is 0 Å². The van der Waals surface area contributed by atoms with E-state index >= 15 is 0 Å². The first-order chi connectivity index (χ1) is 7.55. The fourth-order valence-corrected chi connectivity index (χ4v) is 1.48. The highest BCUT2D eigenvalue weighted by Gasteiger charge is 2.41. The standard InChI is InChI=1S/C10H9F6N/c1-17(2)8-6(9(11,12)13)4-3-5-7(8)10(14,15)16/h3-5H,1-2H3. The van der Waals surface area contributed by atoms with E-state index in [0.717, 1.165) is 25.1 Å². The zero-order chi connectivity index (χ0) is 13.4. The van der Waals surface area contributed by atoms with Crippen LogP contribution in [0.5, 0.6) is 0 Å². The molecule has 0 amide bonds. The van der Waals surface area contributed by atoms with Crippen molar-refractivity contribution in [3.8, 4) is 0 Å². The first kappa shape index (κ1) is 13.7. The molecule has 0 atom stereocenters. The smallest absolute Gasteiger partial charge is 0.377 e. The number of nitrogens with zero attached hydrogens (tertiary/aromatic N) is 1. The predicted molar refractivity (Wildman–Crippen MR) is 50.8 cm³/mol. The van der Waals surface area contributed by atoms with Gasteiger partial charge in [0.05, 0.1) is 16.8 Å². The van der Waals surface area contributed by atoms with Crippen molar-refractivity contribution >= 4 is 5.69 Å². The summed E-state index contributed by atoms with van der Waals surface area (Å²) in [6, 6.07) is 2.01. The Morgan fingerprint density at radius 1 is 0.824 bits per heavy atom. The van der Waals surface area contributed by atoms with E-state index < -0.39 is 29.2 Å². The lowest BCUT2D eigenvalue weighted by Crippen LogP contribution is -2.21. The van der Waals surface area contributed by atoms with Crippen LogP contribution in [0.25, 0.3) is 0 Å². The maximum absolute atomic E-state index is 12.6. The van der Waals surface area contributed by atoms with E-state index in [0.29, 0.717) is 12.1 Å². The number of anilines is 1. The SMILES string of the molecule is CN(C)c1c(C(F)(F)F)cccc1C(F)(F)F. The molecule has 0 aliphatic carbocycles. The van der Waals surface area contributed by atoms with E-state index in [4.69, 9.17) is 0 Å². The second-order valence-corrected chi connectivity index (χ2v) is 3.59. The number of para-hydroxylation sites is 1. The molecule has 1 rings (SSSR count). The summed E-state index contributed by atoms with van der Waals surface area (Å²) in [4.78, 5) is 0.811. The molecule has 1 aromatic carbocycles. The first-order valence-electron chi connectivity index (χ1n) is 4.50. The summed E-state index contributed by atoms with van der Waals surface area (Å²) in [5.74, 6) is 0. The van der Waals surface area contributed by atoms with E-state index in [9.17, 15) is 26.3 Å². The third-order valence-corrected chi connectivity index (χ3v) is 2.09. The lowest BCUT2D eigenvalue weighted by atomic mass is 10.1. The molecule has 17 heavy (non-hydrogen) atoms. The minimum atomic E-state index is -4.82. The van der Waals surface area contributed by atoms with Gasteiger partial charge in [-0.15, -0.1) is 0 Å². The van der Waals surface area contributed by atoms with Gasteiger partial charge in [0.2, 0.25) is 0 Å². The van der Waals surface area contributed by atoms with E-state index in [1.54, 1.807) is 0 Å². The van der Waals surface area contributed by atoms with Gasteiger partial charge in [0.25, 0.3) is 0 Å². The molecular formula is C10H9F6N. The summed E-state index contributed by atoms with van der Waals surface area (Å²) in [6.45, 7) is 0. The number of alkyl halides is 6. The summed E-state index contributed by atoms with van der Waals surface area (Å²) >= 11 is 0. The van der Waals surface area contributed by atoms with Crippen LogP contribution in [-0.2, 0) is 12.4 Å². The van der Waals surface area contributed by atoms with E-state index in [1.165, 1.54) is 0 Å². The molecule has 0 unspecified atom stereocenters. The van der Waals surface area contributed by atoms with Gasteiger partial charge in [-0.05, 0) is 12.1 Å². The number of hydrogen-bond donors (Lipinski definition) is 0. The van der Waals surface area contributed by atoms with Crippen LogP contribution in [0, 0.1) is 0 Å². The maximum atomic E-state index is 12.6. The molecule has 1 aromatic rings. The van der Waals surface area contributed by atoms with Gasteiger partial charge in [0.15, 0.2) is 0 Å². The molecule has 0 aliphatic rings. The van der Waals surface area contributed by atoms with Crippen LogP contribution in [0.15, 0.2) is 18.2 Å². The highest BCUT2D eigenvalue weighted by atomic mass is 19.4. The highest BCUT2D eigenvalue weighted by Crippen LogP contribution is 2.43. The normalized spacial score (nSPS) is 12.7. The average Bonchev–Trinajstić information content (AvgIpc) is 2.13. The molecule has 0 radical (unpaired) electrons. The predicted octanol–water partition coefficient (Wildman–Crippen LogP) is 3.79. The molecule has 0 bridgehead atoms. The number of hydrogen-bond acceptors (Lipinski definition) is 1. The summed E-state index contributed by atoms with van der Waals surface area (Å²) in [5.41, 5.74) is -3.46. The molecule has 0 aliphatic heterocycles. The lowest BCUT2D eigenvalue weighted by molar-refractivity contribution is -0.142. The van der Waals surface area contributed by atoms with E-state index in [2.05, 4.69) is 0 Å². The summed E-state index contributed by atoms with van der Waals surface area (Å²) in [5, 5.41) is 0. The van der Waals surface area contributed by atoms with Crippen molar-refractivity contribution in [1.29, 1.82) is 0 Å². The van der Waals surface area contributed by atoms with Gasteiger partial charge in [-0.3, -0.25) is 0 Å². The molecule has 96 valence electrons. The summed E-state index contributed by atoms with van der Waals surface area (Å²) < 4.78 is 75.5. The number of benzene rings is 1. The molecule has 1 nitrogen and oxygen atoms in total. The maximum Gasteiger partial charge on any atom is 0.418 e. The zero-order valence-corrected chi connectivity index (χ0v) is 8.95. The monoisotopic (exact) mass is 257 g/mol. The zero-order valence-electron chi connectivity index (χ0n) is 8.95. The van der Waals surface area contributed by atoms with Crippen LogP contribution >= 0.6 is 0 Å². The summed E-state index contributed by atoms with van der Waals surface area (Å²) in [6.07, 6.45) is -9.64. The fourth-order valence-electron chi connectivity index (χ4n) is 1.48. The Labute approximate surface area is 93.6 Å². The Morgan fingerprint density at radius 2 is 1.18 bits per heavy atom. The van der Waals surface area contributed by atoms with Crippen LogP contribution in [0.4, 0.5) is 32.0 Å². The third-order valence-electron chi connectivity index (χ3n) is 2.09. The molecule has 0 saturated heterocycles. The van der Waals surface area contributed by atoms with Crippen molar-refractivity contribution in [3.63, 3.8) is 0 Å². The van der Waals surface area contributed by atoms with Crippen molar-refractivity contribution in [2.75, 3.05) is 19.0 Å². The first-order valence-corrected chi connectivity index (χ1v) is 4.50. The molecule has 0 heterocycles. The van der Waals surface area contributed by atoms with Gasteiger partial charge in [-0.25, -0.2) is 0 Å². The van der Waals surface area contributed by atoms with Crippen molar-refractivity contribution < 1.29 is 26.3 Å². The third kappa shape index (κ3) is 2.83. The molecule has 0 N–H and O–H groups in total. The van der Waals surface area contributed by atoms with Gasteiger partial charge in [-0.2, -0.15) is 26.3 Å². The quantitative estimate of drug-likeness (QED) is 0.692. The Bertz CT molecular complexity index is 372. The number of rotatable bonds is 1. The molecule has 7 heteroatoms. The van der Waals surface area contributed by atoms with Crippen molar-refractivity contribution in [1.82, 2.24) is 0 Å². The minimum Gasteiger partial charge on any atom is -0.377 e. The van der Waals surface area contributed by atoms with Gasteiger partial charge >= 0.3 is 12.4 Å². The van der Waals surface area contributed by atoms with Crippen molar-refractivity contribution in [3.05, 3.63) is 29.3 Å². The Hall–Kier alpha value is -1.40. The second-order valence-electron chi connectivity index (χ2n) is 3.59. The van der Waals surface area contributed by atoms with Gasteiger partial charge in [0, 0.05) is 14.1 Å². The second kappa shape index (κ2) is 4.12. The van der Waals surface area contributed by atoms with Crippen LogP contribution in [-0.4, -0.2) is 14.1 Å². The highest BCUT2D eigenvalue weighted by molar-refractivity contribution is 5.61. The van der Waals surface area contributed by atoms with Gasteiger partial charge < -0.3 is 4.90 Å². The van der Waals surface area contributed by atoms with Crippen molar-refractivity contribution in [2.45, 2.75) is 12.4 Å². The van der Waals surface area contributed by atoms with Crippen LogP contribution in [0.2, 0.25) is 0 Å². The molecule has 0 spiro atoms. The van der Waals surface area contributed by atoms with E-state index in [-0.39, 0.29) is 0 Å². The fraction of sp³-hybridized carbons (Fsp3) is 0.400. The Kier molecular flexibility index (Phi) is 3.31. The molecular weight excluding hydrogens is 248 g/mol. The molecule has 0 fully saturated rings. The van der Waals surface area contributed by atoms with Crippen LogP contribution in [0.3, 0.4) is 0 Å². The van der Waals surface area contributed by atoms with Crippen LogP contribution < -0.4 is 4.90 Å². The Balaban J connectivity index is 3.55.